The lowest BCUT2D eigenvalue weighted by Gasteiger charge is -2.12. The summed E-state index contributed by atoms with van der Waals surface area (Å²) in [5.74, 6) is 1.39. The second-order valence-corrected chi connectivity index (χ2v) is 6.42. The van der Waals surface area contributed by atoms with Crippen molar-refractivity contribution in [3.05, 3.63) is 58.2 Å². The zero-order chi connectivity index (χ0) is 19.3. The first-order chi connectivity index (χ1) is 12.3. The Hall–Kier alpha value is -2.88. The zero-order valence-corrected chi connectivity index (χ0v) is 16.0. The smallest absolute Gasteiger partial charge is 0.161 e. The predicted octanol–water partition coefficient (Wildman–Crippen LogP) is 5.10. The summed E-state index contributed by atoms with van der Waals surface area (Å²) in [6.45, 7) is 5.93. The minimum absolute atomic E-state index is 0.146. The van der Waals surface area contributed by atoms with Crippen LogP contribution in [0.1, 0.15) is 36.1 Å². The highest BCUT2D eigenvalue weighted by Crippen LogP contribution is 2.33. The molecular formula is C22H26O4. The van der Waals surface area contributed by atoms with Gasteiger partial charge in [0.05, 0.1) is 14.2 Å². The molecule has 0 radical (unpaired) electrons. The van der Waals surface area contributed by atoms with Crippen molar-refractivity contribution in [3.8, 4) is 23.0 Å². The number of allylic oxidation sites excluding steroid dienone is 2. The first-order valence-corrected chi connectivity index (χ1v) is 8.44. The van der Waals surface area contributed by atoms with Gasteiger partial charge in [0, 0.05) is 11.6 Å². The van der Waals surface area contributed by atoms with Crippen molar-refractivity contribution in [1.29, 1.82) is 0 Å². The number of aromatic hydroxyl groups is 2. The van der Waals surface area contributed by atoms with E-state index in [9.17, 15) is 10.2 Å². The number of hydrogen-bond donors (Lipinski definition) is 2. The Balaban J connectivity index is 2.48. The number of phenols is 2. The molecule has 0 saturated carbocycles. The molecule has 0 saturated heterocycles. The molecule has 0 aromatic heterocycles. The van der Waals surface area contributed by atoms with Gasteiger partial charge in [-0.3, -0.25) is 0 Å². The number of benzene rings is 2. The molecule has 0 atom stereocenters. The van der Waals surface area contributed by atoms with Crippen LogP contribution in [-0.2, 0) is 6.42 Å². The second-order valence-electron chi connectivity index (χ2n) is 6.42. The number of hydrogen-bond acceptors (Lipinski definition) is 4. The summed E-state index contributed by atoms with van der Waals surface area (Å²) in [5.41, 5.74) is 4.73. The van der Waals surface area contributed by atoms with Crippen LogP contribution in [-0.4, -0.2) is 24.4 Å². The summed E-state index contributed by atoms with van der Waals surface area (Å²) >= 11 is 0. The van der Waals surface area contributed by atoms with E-state index in [1.807, 2.05) is 39.0 Å². The van der Waals surface area contributed by atoms with E-state index in [4.69, 9.17) is 9.47 Å². The molecule has 2 aromatic carbocycles. The molecule has 0 fully saturated rings. The first kappa shape index (κ1) is 19.4. The highest BCUT2D eigenvalue weighted by molar-refractivity contribution is 5.75. The number of rotatable bonds is 6. The third-order valence-electron chi connectivity index (χ3n) is 4.13. The lowest BCUT2D eigenvalue weighted by atomic mass is 10.00. The average molecular weight is 354 g/mol. The van der Waals surface area contributed by atoms with Crippen LogP contribution in [0.3, 0.4) is 0 Å². The normalized spacial score (nSPS) is 10.8. The SMILES string of the molecule is COc1cc(/C=C/c2cc(O)cc(OC)c2CC=C(C)C)cc(C)c1O. The van der Waals surface area contributed by atoms with Gasteiger partial charge in [-0.1, -0.05) is 23.8 Å². The van der Waals surface area contributed by atoms with E-state index in [0.717, 1.165) is 22.3 Å². The van der Waals surface area contributed by atoms with Gasteiger partial charge in [0.1, 0.15) is 11.5 Å². The van der Waals surface area contributed by atoms with Crippen molar-refractivity contribution in [2.45, 2.75) is 27.2 Å². The molecule has 4 nitrogen and oxygen atoms in total. The molecule has 0 aliphatic heterocycles. The van der Waals surface area contributed by atoms with Gasteiger partial charge in [-0.25, -0.2) is 0 Å². The number of aryl methyl sites for hydroxylation is 1. The number of phenolic OH excluding ortho intramolecular Hbond substituents is 2. The van der Waals surface area contributed by atoms with Gasteiger partial charge in [0.25, 0.3) is 0 Å². The van der Waals surface area contributed by atoms with Crippen molar-refractivity contribution in [3.63, 3.8) is 0 Å². The molecule has 26 heavy (non-hydrogen) atoms. The Morgan fingerprint density at radius 2 is 1.65 bits per heavy atom. The van der Waals surface area contributed by atoms with Gasteiger partial charge in [-0.05, 0) is 62.1 Å². The molecule has 138 valence electrons. The molecule has 0 aliphatic carbocycles. The maximum absolute atomic E-state index is 10.0. The summed E-state index contributed by atoms with van der Waals surface area (Å²) < 4.78 is 10.7. The van der Waals surface area contributed by atoms with Crippen LogP contribution >= 0.6 is 0 Å². The van der Waals surface area contributed by atoms with E-state index < -0.39 is 0 Å². The van der Waals surface area contributed by atoms with E-state index in [1.165, 1.54) is 12.7 Å². The van der Waals surface area contributed by atoms with Crippen LogP contribution in [0.25, 0.3) is 12.2 Å². The fourth-order valence-corrected chi connectivity index (χ4v) is 2.72. The molecule has 0 heterocycles. The Labute approximate surface area is 155 Å². The minimum Gasteiger partial charge on any atom is -0.508 e. The fourth-order valence-electron chi connectivity index (χ4n) is 2.72. The van der Waals surface area contributed by atoms with E-state index in [0.29, 0.717) is 17.9 Å². The molecule has 0 aliphatic rings. The zero-order valence-electron chi connectivity index (χ0n) is 16.0. The molecule has 0 unspecified atom stereocenters. The van der Waals surface area contributed by atoms with E-state index in [1.54, 1.807) is 25.3 Å². The summed E-state index contributed by atoms with van der Waals surface area (Å²) in [4.78, 5) is 0. The summed E-state index contributed by atoms with van der Waals surface area (Å²) in [7, 11) is 3.13. The molecule has 4 heteroatoms. The number of methoxy groups -OCH3 is 2. The van der Waals surface area contributed by atoms with Gasteiger partial charge >= 0.3 is 0 Å². The standard InChI is InChI=1S/C22H26O4/c1-14(2)6-9-19-17(12-18(23)13-20(19)25-4)8-7-16-10-15(3)22(24)21(11-16)26-5/h6-8,10-13,23-24H,9H2,1-5H3/b8-7+. The lowest BCUT2D eigenvalue weighted by molar-refractivity contribution is 0.371. The lowest BCUT2D eigenvalue weighted by Crippen LogP contribution is -1.95. The van der Waals surface area contributed by atoms with Gasteiger partial charge in [-0.15, -0.1) is 0 Å². The third kappa shape index (κ3) is 4.60. The monoisotopic (exact) mass is 354 g/mol. The molecule has 0 spiro atoms. The molecule has 2 aromatic rings. The van der Waals surface area contributed by atoms with Crippen molar-refractivity contribution in [2.75, 3.05) is 14.2 Å². The Kier molecular flexibility index (Phi) is 6.34. The molecule has 0 amide bonds. The van der Waals surface area contributed by atoms with Crippen molar-refractivity contribution in [2.24, 2.45) is 0 Å². The van der Waals surface area contributed by atoms with Crippen LogP contribution < -0.4 is 9.47 Å². The van der Waals surface area contributed by atoms with Crippen LogP contribution in [0.5, 0.6) is 23.0 Å². The van der Waals surface area contributed by atoms with Crippen LogP contribution in [0.4, 0.5) is 0 Å². The van der Waals surface area contributed by atoms with Crippen molar-refractivity contribution < 1.29 is 19.7 Å². The molecule has 2 rings (SSSR count). The molecule has 0 bridgehead atoms. The van der Waals surface area contributed by atoms with Gasteiger partial charge in [-0.2, -0.15) is 0 Å². The highest BCUT2D eigenvalue weighted by atomic mass is 16.5. The second kappa shape index (κ2) is 8.48. The fraction of sp³-hybridized carbons (Fsp3) is 0.273. The number of ether oxygens (including phenoxy) is 2. The molecular weight excluding hydrogens is 328 g/mol. The first-order valence-electron chi connectivity index (χ1n) is 8.44. The van der Waals surface area contributed by atoms with Crippen molar-refractivity contribution >= 4 is 12.2 Å². The third-order valence-corrected chi connectivity index (χ3v) is 4.13. The maximum atomic E-state index is 10.0. The Morgan fingerprint density at radius 1 is 0.962 bits per heavy atom. The van der Waals surface area contributed by atoms with E-state index in [2.05, 4.69) is 6.08 Å². The minimum atomic E-state index is 0.146. The quantitative estimate of drug-likeness (QED) is 0.559. The largest absolute Gasteiger partial charge is 0.508 e. The van der Waals surface area contributed by atoms with E-state index >= 15 is 0 Å². The Bertz CT molecular complexity index is 844. The Morgan fingerprint density at radius 3 is 2.27 bits per heavy atom. The molecule has 2 N–H and O–H groups in total. The average Bonchev–Trinajstić information content (AvgIpc) is 2.60. The van der Waals surface area contributed by atoms with Gasteiger partial charge < -0.3 is 19.7 Å². The highest BCUT2D eigenvalue weighted by Gasteiger charge is 2.10. The topological polar surface area (TPSA) is 58.9 Å². The van der Waals surface area contributed by atoms with Gasteiger partial charge in [0.15, 0.2) is 11.5 Å². The maximum Gasteiger partial charge on any atom is 0.161 e. The predicted molar refractivity (Wildman–Crippen MR) is 106 cm³/mol. The van der Waals surface area contributed by atoms with Crippen LogP contribution in [0.15, 0.2) is 35.9 Å². The van der Waals surface area contributed by atoms with Crippen molar-refractivity contribution in [1.82, 2.24) is 0 Å². The van der Waals surface area contributed by atoms with Crippen LogP contribution in [0.2, 0.25) is 0 Å². The van der Waals surface area contributed by atoms with Crippen LogP contribution in [0, 0.1) is 6.92 Å². The van der Waals surface area contributed by atoms with Gasteiger partial charge in [0.2, 0.25) is 0 Å². The summed E-state index contributed by atoms with van der Waals surface area (Å²) in [6.07, 6.45) is 6.69. The summed E-state index contributed by atoms with van der Waals surface area (Å²) in [6, 6.07) is 7.00. The summed E-state index contributed by atoms with van der Waals surface area (Å²) in [5, 5.41) is 20.0. The van der Waals surface area contributed by atoms with E-state index in [-0.39, 0.29) is 11.5 Å².